The molecule has 1 aromatic rings. The Hall–Kier alpha value is -0.980. The summed E-state index contributed by atoms with van der Waals surface area (Å²) >= 11 is 0. The van der Waals surface area contributed by atoms with Gasteiger partial charge >= 0.3 is 0 Å². The van der Waals surface area contributed by atoms with E-state index >= 15 is 0 Å². The summed E-state index contributed by atoms with van der Waals surface area (Å²) in [5.74, 6) is 0. The van der Waals surface area contributed by atoms with Crippen LogP contribution in [0.15, 0.2) is 18.2 Å². The second kappa shape index (κ2) is 12.5. The van der Waals surface area contributed by atoms with Crippen LogP contribution in [0, 0.1) is 6.92 Å². The third-order valence-corrected chi connectivity index (χ3v) is 6.75. The zero-order chi connectivity index (χ0) is 19.4. The molecule has 1 aliphatic rings. The van der Waals surface area contributed by atoms with Crippen LogP contribution in [0.5, 0.6) is 0 Å². The van der Waals surface area contributed by atoms with Gasteiger partial charge in [0.2, 0.25) is 0 Å². The Morgan fingerprint density at radius 2 is 1.48 bits per heavy atom. The van der Waals surface area contributed by atoms with Crippen molar-refractivity contribution in [2.45, 2.75) is 122 Å². The first-order chi connectivity index (χ1) is 13.2. The number of rotatable bonds is 13. The molecule has 27 heavy (non-hydrogen) atoms. The molecule has 0 spiro atoms. The predicted octanol–water partition coefficient (Wildman–Crippen LogP) is 8.55. The molecule has 0 saturated heterocycles. The van der Waals surface area contributed by atoms with Crippen LogP contribution in [0.1, 0.15) is 121 Å². The van der Waals surface area contributed by atoms with E-state index in [2.05, 4.69) is 44.3 Å². The van der Waals surface area contributed by atoms with Gasteiger partial charge in [0.25, 0.3) is 0 Å². The van der Waals surface area contributed by atoms with Crippen molar-refractivity contribution in [3.63, 3.8) is 0 Å². The molecule has 0 atom stereocenters. The van der Waals surface area contributed by atoms with Crippen molar-refractivity contribution < 1.29 is 0 Å². The normalized spacial score (nSPS) is 16.4. The van der Waals surface area contributed by atoms with E-state index in [1.54, 1.807) is 5.56 Å². The first-order valence-corrected chi connectivity index (χ1v) is 12.1. The van der Waals surface area contributed by atoms with Crippen LogP contribution >= 0.6 is 0 Å². The molecule has 0 bridgehead atoms. The fourth-order valence-corrected chi connectivity index (χ4v) is 4.92. The van der Waals surface area contributed by atoms with Crippen LogP contribution < -0.4 is 5.32 Å². The molecule has 154 valence electrons. The average Bonchev–Trinajstić information content (AvgIpc) is 2.69. The predicted molar refractivity (Wildman–Crippen MR) is 122 cm³/mol. The molecular formula is C26H45N. The van der Waals surface area contributed by atoms with Crippen LogP contribution in [0.2, 0.25) is 0 Å². The highest BCUT2D eigenvalue weighted by Gasteiger charge is 2.33. The van der Waals surface area contributed by atoms with Gasteiger partial charge in [-0.05, 0) is 55.2 Å². The molecule has 0 amide bonds. The van der Waals surface area contributed by atoms with Crippen LogP contribution in [-0.4, -0.2) is 6.54 Å². The Morgan fingerprint density at radius 1 is 0.815 bits per heavy atom. The summed E-state index contributed by atoms with van der Waals surface area (Å²) < 4.78 is 0. The molecule has 0 radical (unpaired) electrons. The van der Waals surface area contributed by atoms with E-state index in [4.69, 9.17) is 0 Å². The monoisotopic (exact) mass is 371 g/mol. The fourth-order valence-electron chi connectivity index (χ4n) is 4.92. The van der Waals surface area contributed by atoms with Gasteiger partial charge in [-0.25, -0.2) is 0 Å². The van der Waals surface area contributed by atoms with Crippen molar-refractivity contribution in [3.05, 3.63) is 29.3 Å². The third-order valence-electron chi connectivity index (χ3n) is 6.75. The molecule has 1 aromatic carbocycles. The van der Waals surface area contributed by atoms with Crippen molar-refractivity contribution in [1.82, 2.24) is 0 Å². The van der Waals surface area contributed by atoms with Gasteiger partial charge < -0.3 is 5.32 Å². The molecule has 1 aliphatic carbocycles. The molecule has 1 N–H and O–H groups in total. The summed E-state index contributed by atoms with van der Waals surface area (Å²) in [6.07, 6.45) is 21.0. The second-order valence-corrected chi connectivity index (χ2v) is 9.02. The molecule has 1 heteroatoms. The molecule has 1 saturated carbocycles. The van der Waals surface area contributed by atoms with Gasteiger partial charge in [0.1, 0.15) is 0 Å². The maximum Gasteiger partial charge on any atom is 0.0370 e. The topological polar surface area (TPSA) is 12.0 Å². The van der Waals surface area contributed by atoms with Gasteiger partial charge in [-0.3, -0.25) is 0 Å². The fraction of sp³-hybridized carbons (Fsp3) is 0.769. The van der Waals surface area contributed by atoms with E-state index in [9.17, 15) is 0 Å². The molecule has 1 nitrogen and oxygen atoms in total. The summed E-state index contributed by atoms with van der Waals surface area (Å²) in [5.41, 5.74) is 4.88. The lowest BCUT2D eigenvalue weighted by Gasteiger charge is -2.38. The Kier molecular flexibility index (Phi) is 10.3. The maximum atomic E-state index is 3.63. The van der Waals surface area contributed by atoms with E-state index in [0.29, 0.717) is 5.41 Å². The van der Waals surface area contributed by atoms with Gasteiger partial charge in [0, 0.05) is 12.2 Å². The number of nitrogens with one attached hydrogen (secondary N) is 1. The van der Waals surface area contributed by atoms with E-state index in [-0.39, 0.29) is 0 Å². The van der Waals surface area contributed by atoms with Crippen molar-refractivity contribution >= 4 is 5.69 Å². The minimum absolute atomic E-state index is 0.467. The van der Waals surface area contributed by atoms with Crippen LogP contribution in [0.25, 0.3) is 0 Å². The van der Waals surface area contributed by atoms with E-state index in [0.717, 1.165) is 6.54 Å². The number of hydrogen-bond donors (Lipinski definition) is 1. The lowest BCUT2D eigenvalue weighted by molar-refractivity contribution is 0.265. The number of benzene rings is 1. The summed E-state index contributed by atoms with van der Waals surface area (Å²) in [7, 11) is 0. The molecule has 0 aliphatic heterocycles. The zero-order valence-corrected chi connectivity index (χ0v) is 18.5. The first kappa shape index (κ1) is 22.3. The minimum atomic E-state index is 0.467. The molecule has 2 rings (SSSR count). The summed E-state index contributed by atoms with van der Waals surface area (Å²) in [6, 6.07) is 7.33. The molecule has 0 unspecified atom stereocenters. The minimum Gasteiger partial charge on any atom is -0.385 e. The summed E-state index contributed by atoms with van der Waals surface area (Å²) in [5, 5.41) is 3.63. The maximum absolute atomic E-state index is 3.63. The smallest absolute Gasteiger partial charge is 0.0370 e. The summed E-state index contributed by atoms with van der Waals surface area (Å²) in [6.45, 7) is 7.95. The van der Waals surface area contributed by atoms with Gasteiger partial charge in [0.05, 0.1) is 0 Å². The first-order valence-electron chi connectivity index (χ1n) is 12.1. The Labute approximate surface area is 169 Å². The van der Waals surface area contributed by atoms with Crippen molar-refractivity contribution in [3.8, 4) is 0 Å². The average molecular weight is 372 g/mol. The van der Waals surface area contributed by atoms with Crippen LogP contribution in [0.3, 0.4) is 0 Å². The van der Waals surface area contributed by atoms with Crippen molar-refractivity contribution in [1.29, 1.82) is 0 Å². The Balaban J connectivity index is 1.95. The molecule has 0 aromatic heterocycles. The van der Waals surface area contributed by atoms with Gasteiger partial charge in [-0.1, -0.05) is 96.6 Å². The van der Waals surface area contributed by atoms with Crippen LogP contribution in [-0.2, 0) is 5.41 Å². The largest absolute Gasteiger partial charge is 0.385 e. The highest BCUT2D eigenvalue weighted by atomic mass is 14.9. The number of unbranched alkanes of at least 4 members (excludes halogenated alkanes) is 7. The lowest BCUT2D eigenvalue weighted by Crippen LogP contribution is -2.29. The lowest BCUT2D eigenvalue weighted by atomic mass is 9.66. The SMILES string of the molecule is CCCCCCCCCC1(c2ccc(NCCCC)c(C)c2)CCCCC1. The van der Waals surface area contributed by atoms with Crippen molar-refractivity contribution in [2.24, 2.45) is 0 Å². The van der Waals surface area contributed by atoms with E-state index in [1.165, 1.54) is 108 Å². The van der Waals surface area contributed by atoms with E-state index in [1.807, 2.05) is 0 Å². The number of hydrogen-bond acceptors (Lipinski definition) is 1. The summed E-state index contributed by atoms with van der Waals surface area (Å²) in [4.78, 5) is 0. The molecule has 0 heterocycles. The third kappa shape index (κ3) is 7.16. The number of anilines is 1. The van der Waals surface area contributed by atoms with E-state index < -0.39 is 0 Å². The Bertz CT molecular complexity index is 513. The number of aryl methyl sites for hydroxylation is 1. The van der Waals surface area contributed by atoms with Gasteiger partial charge in [-0.2, -0.15) is 0 Å². The zero-order valence-electron chi connectivity index (χ0n) is 18.5. The molecule has 1 fully saturated rings. The Morgan fingerprint density at radius 3 is 2.15 bits per heavy atom. The molecular weight excluding hydrogens is 326 g/mol. The standard InChI is InChI=1S/C26H45N/c1-4-6-8-9-10-11-13-18-26(19-14-12-15-20-26)24-16-17-25(23(3)22-24)27-21-7-5-2/h16-17,22,27H,4-15,18-21H2,1-3H3. The van der Waals surface area contributed by atoms with Crippen molar-refractivity contribution in [2.75, 3.05) is 11.9 Å². The van der Waals surface area contributed by atoms with Gasteiger partial charge in [-0.15, -0.1) is 0 Å². The second-order valence-electron chi connectivity index (χ2n) is 9.02. The quantitative estimate of drug-likeness (QED) is 0.342. The van der Waals surface area contributed by atoms with Gasteiger partial charge in [0.15, 0.2) is 0 Å². The highest BCUT2D eigenvalue weighted by molar-refractivity contribution is 5.53. The highest BCUT2D eigenvalue weighted by Crippen LogP contribution is 2.44. The van der Waals surface area contributed by atoms with Crippen LogP contribution in [0.4, 0.5) is 5.69 Å².